The summed E-state index contributed by atoms with van der Waals surface area (Å²) in [6.45, 7) is 0. The van der Waals surface area contributed by atoms with Crippen molar-refractivity contribution in [3.63, 3.8) is 0 Å². The fourth-order valence-electron chi connectivity index (χ4n) is 2.10. The van der Waals surface area contributed by atoms with Crippen molar-refractivity contribution in [2.75, 3.05) is 10.6 Å². The van der Waals surface area contributed by atoms with Crippen LogP contribution in [0.1, 0.15) is 0 Å². The third-order valence-electron chi connectivity index (χ3n) is 3.21. The summed E-state index contributed by atoms with van der Waals surface area (Å²) in [5.74, 6) is 2.10. The van der Waals surface area contributed by atoms with Gasteiger partial charge in [-0.1, -0.05) is 36.4 Å². The summed E-state index contributed by atoms with van der Waals surface area (Å²) in [5, 5.41) is 6.80. The van der Waals surface area contributed by atoms with Gasteiger partial charge in [0.2, 0.25) is 0 Å². The van der Waals surface area contributed by atoms with E-state index in [9.17, 15) is 0 Å². The molecule has 0 spiro atoms. The van der Waals surface area contributed by atoms with Crippen LogP contribution in [0.3, 0.4) is 0 Å². The molecule has 0 radical (unpaired) electrons. The molecular weight excluding hydrogens is 246 g/mol. The van der Waals surface area contributed by atoms with Gasteiger partial charge in [-0.3, -0.25) is 0 Å². The number of para-hydroxylation sites is 2. The van der Waals surface area contributed by atoms with Gasteiger partial charge < -0.3 is 15.2 Å². The van der Waals surface area contributed by atoms with E-state index in [1.165, 1.54) is 0 Å². The molecule has 0 aliphatic carbocycles. The Labute approximate surface area is 118 Å². The molecule has 0 atom stereocenters. The fourth-order valence-corrected chi connectivity index (χ4v) is 2.10. The Hall–Kier alpha value is -2.68. The first-order valence-electron chi connectivity index (χ1n) is 6.63. The largest absolute Gasteiger partial charge is 0.342 e. The lowest BCUT2D eigenvalue weighted by molar-refractivity contribution is 0.945. The number of hydrogen-bond acceptors (Lipinski definition) is 2. The number of hydrogen-bond donors (Lipinski definition) is 2. The quantitative estimate of drug-likeness (QED) is 0.725. The van der Waals surface area contributed by atoms with Crippen LogP contribution >= 0.6 is 0 Å². The molecule has 1 aromatic heterocycles. The molecule has 3 aromatic rings. The van der Waals surface area contributed by atoms with Crippen LogP contribution in [0, 0.1) is 0 Å². The Morgan fingerprint density at radius 3 is 1.40 bits per heavy atom. The maximum absolute atomic E-state index is 3.40. The third-order valence-corrected chi connectivity index (χ3v) is 3.21. The van der Waals surface area contributed by atoms with E-state index in [1.54, 1.807) is 0 Å². The van der Waals surface area contributed by atoms with Gasteiger partial charge in [0.25, 0.3) is 0 Å². The van der Waals surface area contributed by atoms with Crippen molar-refractivity contribution in [3.05, 3.63) is 72.8 Å². The number of anilines is 4. The zero-order valence-electron chi connectivity index (χ0n) is 11.4. The van der Waals surface area contributed by atoms with E-state index in [4.69, 9.17) is 0 Å². The molecule has 0 saturated carbocycles. The summed E-state index contributed by atoms with van der Waals surface area (Å²) in [7, 11) is 2.04. The second-order valence-corrected chi connectivity index (χ2v) is 4.64. The fraction of sp³-hybridized carbons (Fsp3) is 0.0588. The predicted molar refractivity (Wildman–Crippen MR) is 84.9 cm³/mol. The van der Waals surface area contributed by atoms with Crippen molar-refractivity contribution in [1.29, 1.82) is 0 Å². The maximum atomic E-state index is 3.40. The van der Waals surface area contributed by atoms with E-state index in [-0.39, 0.29) is 0 Å². The SMILES string of the molecule is Cn1c(Nc2ccccc2)ccc1Nc1ccccc1. The molecule has 2 N–H and O–H groups in total. The maximum Gasteiger partial charge on any atom is 0.111 e. The number of rotatable bonds is 4. The standard InChI is InChI=1S/C17H17N3/c1-20-16(18-14-8-4-2-5-9-14)12-13-17(20)19-15-10-6-3-7-11-15/h2-13,18-19H,1H3. The molecule has 0 amide bonds. The molecule has 3 heteroatoms. The molecule has 20 heavy (non-hydrogen) atoms. The highest BCUT2D eigenvalue weighted by Gasteiger charge is 2.04. The van der Waals surface area contributed by atoms with Crippen LogP contribution in [0.4, 0.5) is 23.0 Å². The zero-order chi connectivity index (χ0) is 13.8. The number of nitrogens with one attached hydrogen (secondary N) is 2. The van der Waals surface area contributed by atoms with Gasteiger partial charge in [0.05, 0.1) is 0 Å². The van der Waals surface area contributed by atoms with Crippen molar-refractivity contribution < 1.29 is 0 Å². The van der Waals surface area contributed by atoms with Gasteiger partial charge in [-0.15, -0.1) is 0 Å². The van der Waals surface area contributed by atoms with E-state index in [2.05, 4.69) is 51.6 Å². The van der Waals surface area contributed by atoms with Crippen molar-refractivity contribution >= 4 is 23.0 Å². The Kier molecular flexibility index (Phi) is 3.42. The highest BCUT2D eigenvalue weighted by Crippen LogP contribution is 2.24. The average molecular weight is 263 g/mol. The normalized spacial score (nSPS) is 10.2. The van der Waals surface area contributed by atoms with Crippen molar-refractivity contribution in [1.82, 2.24) is 4.57 Å². The van der Waals surface area contributed by atoms with Gasteiger partial charge in [0, 0.05) is 18.4 Å². The second-order valence-electron chi connectivity index (χ2n) is 4.64. The van der Waals surface area contributed by atoms with Gasteiger partial charge in [0.15, 0.2) is 0 Å². The molecule has 0 aliphatic rings. The topological polar surface area (TPSA) is 29.0 Å². The minimum absolute atomic E-state index is 1.05. The van der Waals surface area contributed by atoms with Crippen LogP contribution in [0.15, 0.2) is 72.8 Å². The Balaban J connectivity index is 1.79. The van der Waals surface area contributed by atoms with Crippen molar-refractivity contribution in [3.8, 4) is 0 Å². The van der Waals surface area contributed by atoms with Crippen molar-refractivity contribution in [2.45, 2.75) is 0 Å². The molecular formula is C17H17N3. The molecule has 2 aromatic carbocycles. The minimum Gasteiger partial charge on any atom is -0.342 e. The summed E-state index contributed by atoms with van der Waals surface area (Å²) in [6.07, 6.45) is 0. The summed E-state index contributed by atoms with van der Waals surface area (Å²) in [5.41, 5.74) is 2.17. The molecule has 3 rings (SSSR count). The molecule has 0 saturated heterocycles. The van der Waals surface area contributed by atoms with Crippen LogP contribution in [-0.4, -0.2) is 4.57 Å². The van der Waals surface area contributed by atoms with Crippen LogP contribution in [0.2, 0.25) is 0 Å². The highest BCUT2D eigenvalue weighted by molar-refractivity contribution is 5.64. The highest BCUT2D eigenvalue weighted by atomic mass is 15.2. The van der Waals surface area contributed by atoms with E-state index in [1.807, 2.05) is 43.4 Å². The summed E-state index contributed by atoms with van der Waals surface area (Å²) in [6, 6.07) is 24.5. The smallest absolute Gasteiger partial charge is 0.111 e. The summed E-state index contributed by atoms with van der Waals surface area (Å²) in [4.78, 5) is 0. The van der Waals surface area contributed by atoms with Crippen LogP contribution in [0.25, 0.3) is 0 Å². The number of nitrogens with zero attached hydrogens (tertiary/aromatic N) is 1. The van der Waals surface area contributed by atoms with Crippen LogP contribution < -0.4 is 10.6 Å². The van der Waals surface area contributed by atoms with Gasteiger partial charge in [-0.05, 0) is 36.4 Å². The Morgan fingerprint density at radius 1 is 0.600 bits per heavy atom. The van der Waals surface area contributed by atoms with E-state index in [0.29, 0.717) is 0 Å². The van der Waals surface area contributed by atoms with E-state index < -0.39 is 0 Å². The molecule has 100 valence electrons. The first-order valence-corrected chi connectivity index (χ1v) is 6.63. The lowest BCUT2D eigenvalue weighted by atomic mass is 10.3. The number of benzene rings is 2. The van der Waals surface area contributed by atoms with Gasteiger partial charge in [-0.25, -0.2) is 0 Å². The van der Waals surface area contributed by atoms with Gasteiger partial charge in [0.1, 0.15) is 11.6 Å². The molecule has 0 bridgehead atoms. The van der Waals surface area contributed by atoms with E-state index >= 15 is 0 Å². The summed E-state index contributed by atoms with van der Waals surface area (Å²) < 4.78 is 2.10. The van der Waals surface area contributed by atoms with Gasteiger partial charge >= 0.3 is 0 Å². The number of aromatic nitrogens is 1. The Morgan fingerprint density at radius 2 is 1.00 bits per heavy atom. The Bertz CT molecular complexity index is 613. The van der Waals surface area contributed by atoms with E-state index in [0.717, 1.165) is 23.0 Å². The molecule has 1 heterocycles. The average Bonchev–Trinajstić information content (AvgIpc) is 2.83. The second kappa shape index (κ2) is 5.53. The predicted octanol–water partition coefficient (Wildman–Crippen LogP) is 4.51. The van der Waals surface area contributed by atoms with Crippen LogP contribution in [-0.2, 0) is 7.05 Å². The lowest BCUT2D eigenvalue weighted by Gasteiger charge is -2.11. The monoisotopic (exact) mass is 263 g/mol. The molecule has 0 aliphatic heterocycles. The summed E-state index contributed by atoms with van der Waals surface area (Å²) >= 11 is 0. The molecule has 0 unspecified atom stereocenters. The first-order chi connectivity index (χ1) is 9.83. The lowest BCUT2D eigenvalue weighted by Crippen LogP contribution is -2.01. The first kappa shape index (κ1) is 12.4. The minimum atomic E-state index is 1.05. The molecule has 0 fully saturated rings. The zero-order valence-corrected chi connectivity index (χ0v) is 11.4. The third kappa shape index (κ3) is 2.67. The van der Waals surface area contributed by atoms with Gasteiger partial charge in [-0.2, -0.15) is 0 Å². The molecule has 3 nitrogen and oxygen atoms in total. The van der Waals surface area contributed by atoms with Crippen LogP contribution in [0.5, 0.6) is 0 Å². The van der Waals surface area contributed by atoms with Crippen molar-refractivity contribution in [2.24, 2.45) is 7.05 Å².